The molecule has 0 aliphatic carbocycles. The number of benzene rings is 1. The molecule has 0 fully saturated rings. The second kappa shape index (κ2) is 6.96. The summed E-state index contributed by atoms with van der Waals surface area (Å²) < 4.78 is 10.6. The number of aromatic amines is 1. The number of ether oxygens (including phenoxy) is 2. The van der Waals surface area contributed by atoms with Gasteiger partial charge in [0.1, 0.15) is 5.82 Å². The van der Waals surface area contributed by atoms with E-state index in [0.29, 0.717) is 6.04 Å². The Morgan fingerprint density at radius 2 is 2.05 bits per heavy atom. The van der Waals surface area contributed by atoms with Gasteiger partial charge in [0.15, 0.2) is 11.5 Å². The van der Waals surface area contributed by atoms with Crippen LogP contribution in [-0.4, -0.2) is 30.2 Å². The van der Waals surface area contributed by atoms with Crippen molar-refractivity contribution in [1.29, 1.82) is 0 Å². The largest absolute Gasteiger partial charge is 0.493 e. The number of hydrogen-bond acceptors (Lipinski definition) is 4. The quantitative estimate of drug-likeness (QED) is 0.813. The number of hydrogen-bond donors (Lipinski definition) is 2. The summed E-state index contributed by atoms with van der Waals surface area (Å²) in [4.78, 5) is 7.27. The molecule has 5 heteroatoms. The lowest BCUT2D eigenvalue weighted by Gasteiger charge is -2.14. The van der Waals surface area contributed by atoms with Crippen LogP contribution in [0.25, 0.3) is 0 Å². The van der Waals surface area contributed by atoms with Crippen LogP contribution in [0.4, 0.5) is 0 Å². The van der Waals surface area contributed by atoms with Crippen LogP contribution in [-0.2, 0) is 13.0 Å². The predicted molar refractivity (Wildman–Crippen MR) is 78.1 cm³/mol. The minimum atomic E-state index is 0.346. The topological polar surface area (TPSA) is 59.2 Å². The molecule has 0 aliphatic rings. The van der Waals surface area contributed by atoms with Crippen molar-refractivity contribution in [2.24, 2.45) is 0 Å². The van der Waals surface area contributed by atoms with Crippen LogP contribution >= 0.6 is 0 Å². The van der Waals surface area contributed by atoms with Gasteiger partial charge < -0.3 is 19.8 Å². The van der Waals surface area contributed by atoms with E-state index in [2.05, 4.69) is 28.3 Å². The normalized spacial score (nSPS) is 12.2. The first kappa shape index (κ1) is 14.4. The molecular weight excluding hydrogens is 254 g/mol. The van der Waals surface area contributed by atoms with E-state index in [9.17, 15) is 0 Å². The van der Waals surface area contributed by atoms with E-state index in [-0.39, 0.29) is 0 Å². The van der Waals surface area contributed by atoms with E-state index in [1.807, 2.05) is 18.3 Å². The standard InChI is InChI=1S/C15H21N3O2/c1-11(18-10-15-16-6-7-17-15)8-12-4-5-13(19-2)14(9-12)20-3/h4-7,9,11,18H,8,10H2,1-3H3,(H,16,17). The molecule has 0 saturated heterocycles. The summed E-state index contributed by atoms with van der Waals surface area (Å²) in [5.74, 6) is 2.47. The molecule has 0 saturated carbocycles. The highest BCUT2D eigenvalue weighted by Gasteiger charge is 2.08. The van der Waals surface area contributed by atoms with Crippen LogP contribution in [0.3, 0.4) is 0 Å². The van der Waals surface area contributed by atoms with Crippen molar-refractivity contribution in [3.05, 3.63) is 42.0 Å². The maximum atomic E-state index is 5.32. The smallest absolute Gasteiger partial charge is 0.160 e. The van der Waals surface area contributed by atoms with Crippen molar-refractivity contribution in [2.45, 2.75) is 25.9 Å². The molecule has 5 nitrogen and oxygen atoms in total. The number of H-pyrrole nitrogens is 1. The molecule has 1 aromatic carbocycles. The Bertz CT molecular complexity index is 526. The molecular formula is C15H21N3O2. The van der Waals surface area contributed by atoms with Crippen molar-refractivity contribution in [1.82, 2.24) is 15.3 Å². The first-order valence-corrected chi connectivity index (χ1v) is 6.65. The molecule has 20 heavy (non-hydrogen) atoms. The second-order valence-corrected chi connectivity index (χ2v) is 4.71. The van der Waals surface area contributed by atoms with Gasteiger partial charge in [-0.15, -0.1) is 0 Å². The van der Waals surface area contributed by atoms with Crippen LogP contribution in [0.1, 0.15) is 18.3 Å². The van der Waals surface area contributed by atoms with Crippen LogP contribution in [0.5, 0.6) is 11.5 Å². The number of nitrogens with one attached hydrogen (secondary N) is 2. The number of nitrogens with zero attached hydrogens (tertiary/aromatic N) is 1. The van der Waals surface area contributed by atoms with E-state index in [1.165, 1.54) is 5.56 Å². The van der Waals surface area contributed by atoms with Gasteiger partial charge in [-0.25, -0.2) is 4.98 Å². The van der Waals surface area contributed by atoms with Crippen LogP contribution in [0.2, 0.25) is 0 Å². The molecule has 0 bridgehead atoms. The van der Waals surface area contributed by atoms with E-state index in [0.717, 1.165) is 30.3 Å². The van der Waals surface area contributed by atoms with E-state index < -0.39 is 0 Å². The number of aromatic nitrogens is 2. The molecule has 1 unspecified atom stereocenters. The van der Waals surface area contributed by atoms with Gasteiger partial charge in [-0.2, -0.15) is 0 Å². The summed E-state index contributed by atoms with van der Waals surface area (Å²) in [6.07, 6.45) is 4.51. The lowest BCUT2D eigenvalue weighted by atomic mass is 10.1. The zero-order valence-corrected chi connectivity index (χ0v) is 12.1. The molecule has 0 aliphatic heterocycles. The van der Waals surface area contributed by atoms with E-state index >= 15 is 0 Å². The number of methoxy groups -OCH3 is 2. The molecule has 2 rings (SSSR count). The average Bonchev–Trinajstić information content (AvgIpc) is 2.98. The highest BCUT2D eigenvalue weighted by atomic mass is 16.5. The first-order chi connectivity index (χ1) is 9.72. The Balaban J connectivity index is 1.91. The minimum Gasteiger partial charge on any atom is -0.493 e. The predicted octanol–water partition coefficient (Wildman–Crippen LogP) is 2.15. The van der Waals surface area contributed by atoms with Gasteiger partial charge in [0, 0.05) is 18.4 Å². The lowest BCUT2D eigenvalue weighted by molar-refractivity contribution is 0.354. The molecule has 0 amide bonds. The minimum absolute atomic E-state index is 0.346. The van der Waals surface area contributed by atoms with E-state index in [4.69, 9.17) is 9.47 Å². The SMILES string of the molecule is COc1ccc(CC(C)NCc2ncc[nH]2)cc1OC. The molecule has 108 valence electrons. The third kappa shape index (κ3) is 3.74. The molecule has 0 radical (unpaired) electrons. The maximum absolute atomic E-state index is 5.32. The van der Waals surface area contributed by atoms with Crippen molar-refractivity contribution < 1.29 is 9.47 Å². The molecule has 1 aromatic heterocycles. The average molecular weight is 275 g/mol. The van der Waals surface area contributed by atoms with Gasteiger partial charge in [0.25, 0.3) is 0 Å². The van der Waals surface area contributed by atoms with Gasteiger partial charge >= 0.3 is 0 Å². The zero-order chi connectivity index (χ0) is 14.4. The lowest BCUT2D eigenvalue weighted by Crippen LogP contribution is -2.28. The van der Waals surface area contributed by atoms with Crippen LogP contribution < -0.4 is 14.8 Å². The van der Waals surface area contributed by atoms with Crippen molar-refractivity contribution in [2.75, 3.05) is 14.2 Å². The van der Waals surface area contributed by atoms with Crippen LogP contribution in [0.15, 0.2) is 30.6 Å². The van der Waals surface area contributed by atoms with Crippen molar-refractivity contribution in [3.63, 3.8) is 0 Å². The zero-order valence-electron chi connectivity index (χ0n) is 12.1. The van der Waals surface area contributed by atoms with Crippen molar-refractivity contribution >= 4 is 0 Å². The van der Waals surface area contributed by atoms with E-state index in [1.54, 1.807) is 20.4 Å². The fraction of sp³-hybridized carbons (Fsp3) is 0.400. The van der Waals surface area contributed by atoms with Crippen molar-refractivity contribution in [3.8, 4) is 11.5 Å². The fourth-order valence-electron chi connectivity index (χ4n) is 2.10. The maximum Gasteiger partial charge on any atom is 0.160 e. The van der Waals surface area contributed by atoms with Crippen LogP contribution in [0, 0.1) is 0 Å². The van der Waals surface area contributed by atoms with Gasteiger partial charge in [0.05, 0.1) is 20.8 Å². The number of rotatable bonds is 7. The summed E-state index contributed by atoms with van der Waals surface area (Å²) in [7, 11) is 3.30. The summed E-state index contributed by atoms with van der Waals surface area (Å²) in [6, 6.07) is 6.36. The summed E-state index contributed by atoms with van der Waals surface area (Å²) in [5, 5.41) is 3.43. The Morgan fingerprint density at radius 1 is 1.25 bits per heavy atom. The third-order valence-electron chi connectivity index (χ3n) is 3.16. The monoisotopic (exact) mass is 275 g/mol. The van der Waals surface area contributed by atoms with Gasteiger partial charge in [-0.3, -0.25) is 0 Å². The Kier molecular flexibility index (Phi) is 5.01. The number of imidazole rings is 1. The van der Waals surface area contributed by atoms with Gasteiger partial charge in [-0.05, 0) is 31.0 Å². The Labute approximate surface area is 119 Å². The molecule has 1 heterocycles. The molecule has 2 N–H and O–H groups in total. The molecule has 1 atom stereocenters. The van der Waals surface area contributed by atoms with Gasteiger partial charge in [0.2, 0.25) is 0 Å². The highest BCUT2D eigenvalue weighted by Crippen LogP contribution is 2.27. The molecule has 2 aromatic rings. The Hall–Kier alpha value is -2.01. The fourth-order valence-corrected chi connectivity index (χ4v) is 2.10. The molecule has 0 spiro atoms. The van der Waals surface area contributed by atoms with Gasteiger partial charge in [-0.1, -0.05) is 6.07 Å². The summed E-state index contributed by atoms with van der Waals surface area (Å²) in [6.45, 7) is 2.89. The third-order valence-corrected chi connectivity index (χ3v) is 3.16. The summed E-state index contributed by atoms with van der Waals surface area (Å²) >= 11 is 0. The Morgan fingerprint density at radius 3 is 2.70 bits per heavy atom. The summed E-state index contributed by atoms with van der Waals surface area (Å²) in [5.41, 5.74) is 1.21. The second-order valence-electron chi connectivity index (χ2n) is 4.71. The first-order valence-electron chi connectivity index (χ1n) is 6.65. The highest BCUT2D eigenvalue weighted by molar-refractivity contribution is 5.43.